The fraction of sp³-hybridized carbons (Fsp3) is 0.643. The van der Waals surface area contributed by atoms with Gasteiger partial charge in [-0.25, -0.2) is 18.1 Å². The minimum atomic E-state index is -3.58. The second-order valence-electron chi connectivity index (χ2n) is 5.40. The first kappa shape index (κ1) is 16.4. The van der Waals surface area contributed by atoms with Gasteiger partial charge in [0.25, 0.3) is 10.0 Å². The van der Waals surface area contributed by atoms with Gasteiger partial charge in [0.15, 0.2) is 5.03 Å². The molecule has 1 aromatic heterocycles. The lowest BCUT2D eigenvalue weighted by Crippen LogP contribution is -2.44. The van der Waals surface area contributed by atoms with Crippen LogP contribution < -0.4 is 4.72 Å². The lowest BCUT2D eigenvalue weighted by atomic mass is 10.1. The van der Waals surface area contributed by atoms with E-state index in [-0.39, 0.29) is 17.7 Å². The fourth-order valence-corrected chi connectivity index (χ4v) is 3.77. The zero-order valence-electron chi connectivity index (χ0n) is 12.3. The molecule has 21 heavy (non-hydrogen) atoms. The summed E-state index contributed by atoms with van der Waals surface area (Å²) < 4.78 is 27.2. The van der Waals surface area contributed by atoms with Crippen LogP contribution in [0.5, 0.6) is 0 Å². The highest BCUT2D eigenvalue weighted by atomic mass is 32.2. The second-order valence-corrected chi connectivity index (χ2v) is 7.06. The zero-order chi connectivity index (χ0) is 15.3. The molecule has 1 aliphatic heterocycles. The number of nitrogens with one attached hydrogen (secondary N) is 1. The van der Waals surface area contributed by atoms with Crippen molar-refractivity contribution in [1.29, 1.82) is 0 Å². The number of aromatic nitrogens is 1. The third-order valence-corrected chi connectivity index (χ3v) is 5.14. The summed E-state index contributed by atoms with van der Waals surface area (Å²) in [4.78, 5) is 6.27. The summed E-state index contributed by atoms with van der Waals surface area (Å²) in [6, 6.07) is 2.98. The smallest absolute Gasteiger partial charge is 0.258 e. The lowest BCUT2D eigenvalue weighted by molar-refractivity contribution is 0.208. The monoisotopic (exact) mass is 313 g/mol. The maximum absolute atomic E-state index is 12.3. The van der Waals surface area contributed by atoms with Crippen molar-refractivity contribution >= 4 is 10.0 Å². The number of pyridine rings is 1. The first-order valence-corrected chi connectivity index (χ1v) is 8.84. The summed E-state index contributed by atoms with van der Waals surface area (Å²) in [6.07, 6.45) is 4.16. The van der Waals surface area contributed by atoms with Gasteiger partial charge in [-0.15, -0.1) is 0 Å². The molecule has 0 unspecified atom stereocenters. The van der Waals surface area contributed by atoms with Crippen LogP contribution in [0.3, 0.4) is 0 Å². The Hall–Kier alpha value is -1.02. The predicted molar refractivity (Wildman–Crippen MR) is 80.2 cm³/mol. The van der Waals surface area contributed by atoms with Crippen LogP contribution in [-0.4, -0.2) is 49.1 Å². The van der Waals surface area contributed by atoms with Crippen LogP contribution in [0, 0.1) is 0 Å². The molecule has 1 aliphatic rings. The van der Waals surface area contributed by atoms with Gasteiger partial charge in [0.05, 0.1) is 6.61 Å². The fourth-order valence-electron chi connectivity index (χ4n) is 2.53. The van der Waals surface area contributed by atoms with Crippen LogP contribution in [0.1, 0.15) is 31.7 Å². The van der Waals surface area contributed by atoms with Crippen molar-refractivity contribution in [3.8, 4) is 0 Å². The molecule has 1 saturated heterocycles. The number of sulfonamides is 1. The van der Waals surface area contributed by atoms with E-state index in [1.165, 1.54) is 12.3 Å². The number of hydrogen-bond donors (Lipinski definition) is 2. The van der Waals surface area contributed by atoms with E-state index in [1.54, 1.807) is 6.07 Å². The van der Waals surface area contributed by atoms with Gasteiger partial charge in [-0.3, -0.25) is 0 Å². The molecule has 0 saturated carbocycles. The molecule has 0 radical (unpaired) electrons. The summed E-state index contributed by atoms with van der Waals surface area (Å²) in [5.74, 6) is 0. The van der Waals surface area contributed by atoms with E-state index in [1.807, 2.05) is 0 Å². The maximum Gasteiger partial charge on any atom is 0.258 e. The molecule has 0 bridgehead atoms. The molecular weight excluding hydrogens is 290 g/mol. The summed E-state index contributed by atoms with van der Waals surface area (Å²) in [6.45, 7) is 4.94. The summed E-state index contributed by atoms with van der Waals surface area (Å²) in [5, 5.41) is 8.96. The molecule has 2 heterocycles. The van der Waals surface area contributed by atoms with Crippen molar-refractivity contribution in [3.05, 3.63) is 23.9 Å². The number of rotatable bonds is 6. The van der Waals surface area contributed by atoms with Gasteiger partial charge in [0.1, 0.15) is 0 Å². The summed E-state index contributed by atoms with van der Waals surface area (Å²) in [5.41, 5.74) is 0.599. The molecular formula is C14H23N3O3S. The van der Waals surface area contributed by atoms with Crippen LogP contribution in [0.25, 0.3) is 0 Å². The molecule has 2 N–H and O–H groups in total. The van der Waals surface area contributed by atoms with E-state index < -0.39 is 10.0 Å². The highest BCUT2D eigenvalue weighted by molar-refractivity contribution is 7.89. The van der Waals surface area contributed by atoms with Gasteiger partial charge in [-0.1, -0.05) is 13.0 Å². The van der Waals surface area contributed by atoms with E-state index in [0.29, 0.717) is 5.56 Å². The van der Waals surface area contributed by atoms with E-state index in [0.717, 1.165) is 38.9 Å². The van der Waals surface area contributed by atoms with E-state index in [2.05, 4.69) is 21.5 Å². The summed E-state index contributed by atoms with van der Waals surface area (Å²) >= 11 is 0. The molecule has 0 aliphatic carbocycles. The molecule has 0 atom stereocenters. The van der Waals surface area contributed by atoms with E-state index in [9.17, 15) is 8.42 Å². The van der Waals surface area contributed by atoms with Gasteiger partial charge in [0.2, 0.25) is 0 Å². The van der Waals surface area contributed by atoms with Crippen LogP contribution in [-0.2, 0) is 16.6 Å². The minimum absolute atomic E-state index is 0.00990. The number of aliphatic hydroxyl groups is 1. The minimum Gasteiger partial charge on any atom is -0.392 e. The van der Waals surface area contributed by atoms with Crippen molar-refractivity contribution < 1.29 is 13.5 Å². The number of piperidine rings is 1. The average Bonchev–Trinajstić information content (AvgIpc) is 2.49. The normalized spacial score (nSPS) is 18.0. The summed E-state index contributed by atoms with van der Waals surface area (Å²) in [7, 11) is -3.58. The largest absolute Gasteiger partial charge is 0.392 e. The molecule has 0 amide bonds. The topological polar surface area (TPSA) is 82.5 Å². The van der Waals surface area contributed by atoms with Crippen LogP contribution >= 0.6 is 0 Å². The van der Waals surface area contributed by atoms with Crippen LogP contribution in [0.4, 0.5) is 0 Å². The van der Waals surface area contributed by atoms with Crippen molar-refractivity contribution in [2.24, 2.45) is 0 Å². The number of hydrogen-bond acceptors (Lipinski definition) is 5. The molecule has 0 aromatic carbocycles. The van der Waals surface area contributed by atoms with Gasteiger partial charge < -0.3 is 10.0 Å². The van der Waals surface area contributed by atoms with Gasteiger partial charge in [-0.05, 0) is 50.5 Å². The highest BCUT2D eigenvalue weighted by Crippen LogP contribution is 2.14. The Bertz CT molecular complexity index is 537. The maximum atomic E-state index is 12.3. The Morgan fingerprint density at radius 2 is 2.10 bits per heavy atom. The Morgan fingerprint density at radius 1 is 1.38 bits per heavy atom. The third-order valence-electron chi connectivity index (χ3n) is 3.70. The van der Waals surface area contributed by atoms with Crippen molar-refractivity contribution in [2.75, 3.05) is 19.6 Å². The SMILES string of the molecule is CCCN1CCC(NS(=O)(=O)c2ccc(CO)cn2)CC1. The number of aliphatic hydroxyl groups excluding tert-OH is 1. The molecule has 6 nitrogen and oxygen atoms in total. The van der Waals surface area contributed by atoms with Crippen molar-refractivity contribution in [3.63, 3.8) is 0 Å². The molecule has 2 rings (SSSR count). The van der Waals surface area contributed by atoms with Gasteiger partial charge in [0, 0.05) is 12.2 Å². The molecule has 1 aromatic rings. The predicted octanol–water partition coefficient (Wildman–Crippen LogP) is 0.727. The Kier molecular flexibility index (Phi) is 5.69. The van der Waals surface area contributed by atoms with Gasteiger partial charge in [-0.2, -0.15) is 0 Å². The zero-order valence-corrected chi connectivity index (χ0v) is 13.1. The van der Waals surface area contributed by atoms with E-state index in [4.69, 9.17) is 5.11 Å². The van der Waals surface area contributed by atoms with Crippen LogP contribution in [0.15, 0.2) is 23.4 Å². The first-order valence-electron chi connectivity index (χ1n) is 7.35. The quantitative estimate of drug-likeness (QED) is 0.809. The van der Waals surface area contributed by atoms with E-state index >= 15 is 0 Å². The van der Waals surface area contributed by atoms with Gasteiger partial charge >= 0.3 is 0 Å². The number of likely N-dealkylation sites (tertiary alicyclic amines) is 1. The molecule has 0 spiro atoms. The van der Waals surface area contributed by atoms with Crippen molar-refractivity contribution in [1.82, 2.24) is 14.6 Å². The third kappa shape index (κ3) is 4.47. The second kappa shape index (κ2) is 7.31. The average molecular weight is 313 g/mol. The highest BCUT2D eigenvalue weighted by Gasteiger charge is 2.24. The standard InChI is InChI=1S/C14H23N3O3S/c1-2-7-17-8-5-13(6-9-17)16-21(19,20)14-4-3-12(11-18)10-15-14/h3-4,10,13,16,18H,2,5-9,11H2,1H3. The van der Waals surface area contributed by atoms with Crippen molar-refractivity contribution in [2.45, 2.75) is 43.9 Å². The Morgan fingerprint density at radius 3 is 2.62 bits per heavy atom. The Labute approximate surface area is 126 Å². The first-order chi connectivity index (χ1) is 10.0. The molecule has 7 heteroatoms. The molecule has 1 fully saturated rings. The molecule has 118 valence electrons. The number of nitrogens with zero attached hydrogens (tertiary/aromatic N) is 2. The van der Waals surface area contributed by atoms with Crippen LogP contribution in [0.2, 0.25) is 0 Å². The lowest BCUT2D eigenvalue weighted by Gasteiger charge is -2.31. The Balaban J connectivity index is 1.95.